The van der Waals surface area contributed by atoms with Gasteiger partial charge in [-0.05, 0) is 61.4 Å². The molecule has 1 aromatic carbocycles. The van der Waals surface area contributed by atoms with Gasteiger partial charge in [0.25, 0.3) is 5.91 Å². The zero-order valence-electron chi connectivity index (χ0n) is 16.1. The Morgan fingerprint density at radius 3 is 2.22 bits per heavy atom. The molecule has 0 aromatic heterocycles. The Kier molecular flexibility index (Phi) is 7.18. The van der Waals surface area contributed by atoms with E-state index < -0.39 is 6.09 Å². The van der Waals surface area contributed by atoms with Gasteiger partial charge in [-0.3, -0.25) is 10.1 Å². The Hall–Kier alpha value is -2.15. The third-order valence-electron chi connectivity index (χ3n) is 5.05. The maximum atomic E-state index is 12.1. The van der Waals surface area contributed by atoms with Crippen molar-refractivity contribution in [2.75, 3.05) is 0 Å². The highest BCUT2D eigenvalue weighted by molar-refractivity contribution is 7.80. The third kappa shape index (κ3) is 6.50. The van der Waals surface area contributed by atoms with Gasteiger partial charge in [0, 0.05) is 17.6 Å². The van der Waals surface area contributed by atoms with Gasteiger partial charge in [0.15, 0.2) is 5.11 Å². The summed E-state index contributed by atoms with van der Waals surface area (Å²) < 4.78 is 0. The van der Waals surface area contributed by atoms with Crippen LogP contribution in [0.4, 0.5) is 4.79 Å². The number of benzene rings is 1. The number of hydrogen-bond donors (Lipinski definition) is 4. The second kappa shape index (κ2) is 9.17. The van der Waals surface area contributed by atoms with Crippen LogP contribution in [0.15, 0.2) is 30.3 Å². The van der Waals surface area contributed by atoms with Crippen LogP contribution in [0.5, 0.6) is 0 Å². The zero-order valence-corrected chi connectivity index (χ0v) is 16.9. The van der Waals surface area contributed by atoms with Gasteiger partial charge in [-0.2, -0.15) is 0 Å². The van der Waals surface area contributed by atoms with Gasteiger partial charge in [0.1, 0.15) is 0 Å². The molecule has 0 spiro atoms. The monoisotopic (exact) mass is 391 g/mol. The van der Waals surface area contributed by atoms with Gasteiger partial charge in [-0.15, -0.1) is 0 Å². The molecule has 1 aliphatic carbocycles. The van der Waals surface area contributed by atoms with E-state index in [9.17, 15) is 9.59 Å². The van der Waals surface area contributed by atoms with Crippen LogP contribution in [0.1, 0.15) is 56.8 Å². The topological polar surface area (TPSA) is 90.5 Å². The normalized spacial score (nSPS) is 21.0. The van der Waals surface area contributed by atoms with Crippen LogP contribution in [0.2, 0.25) is 0 Å². The lowest BCUT2D eigenvalue weighted by Gasteiger charge is -2.40. The van der Waals surface area contributed by atoms with Crippen LogP contribution in [-0.2, 0) is 0 Å². The van der Waals surface area contributed by atoms with Crippen LogP contribution in [-0.4, -0.2) is 34.3 Å². The first-order chi connectivity index (χ1) is 12.7. The van der Waals surface area contributed by atoms with Crippen LogP contribution in [0, 0.1) is 11.3 Å². The van der Waals surface area contributed by atoms with E-state index in [0.29, 0.717) is 16.6 Å². The van der Waals surface area contributed by atoms with Gasteiger partial charge in [-0.25, -0.2) is 4.79 Å². The number of rotatable bonds is 4. The fourth-order valence-corrected chi connectivity index (χ4v) is 4.02. The minimum absolute atomic E-state index is 0.0827. The number of thiocarbonyl (C=S) groups is 1. The second-order valence-corrected chi connectivity index (χ2v) is 8.61. The maximum Gasteiger partial charge on any atom is 0.404 e. The summed E-state index contributed by atoms with van der Waals surface area (Å²) in [6.07, 6.45) is 2.63. The number of nitrogens with one attached hydrogen (secondary N) is 3. The van der Waals surface area contributed by atoms with Crippen molar-refractivity contribution in [3.05, 3.63) is 35.9 Å². The molecule has 2 rings (SSSR count). The molecule has 4 N–H and O–H groups in total. The van der Waals surface area contributed by atoms with Gasteiger partial charge in [-0.1, -0.05) is 39.0 Å². The van der Waals surface area contributed by atoms with Crippen molar-refractivity contribution < 1.29 is 14.7 Å². The number of amides is 2. The molecule has 2 amide bonds. The lowest BCUT2D eigenvalue weighted by atomic mass is 9.72. The highest BCUT2D eigenvalue weighted by Gasteiger charge is 2.36. The minimum Gasteiger partial charge on any atom is -0.465 e. The SMILES string of the molecule is CC(C)(C)C(NC(=O)O)C1CCC(NC(=S)NC(=O)c2ccccc2)CC1. The Morgan fingerprint density at radius 1 is 1.11 bits per heavy atom. The maximum absolute atomic E-state index is 12.1. The molecule has 1 unspecified atom stereocenters. The summed E-state index contributed by atoms with van der Waals surface area (Å²) in [5, 5.41) is 18.1. The Bertz CT molecular complexity index is 665. The number of carboxylic acid groups (broad SMARTS) is 1. The summed E-state index contributed by atoms with van der Waals surface area (Å²) in [6, 6.07) is 9.06. The minimum atomic E-state index is -0.972. The Labute approximate surface area is 166 Å². The van der Waals surface area contributed by atoms with Crippen molar-refractivity contribution >= 4 is 29.3 Å². The molecule has 1 aliphatic rings. The van der Waals surface area contributed by atoms with Crippen molar-refractivity contribution in [1.82, 2.24) is 16.0 Å². The highest BCUT2D eigenvalue weighted by Crippen LogP contribution is 2.34. The van der Waals surface area contributed by atoms with Crippen molar-refractivity contribution in [2.45, 2.75) is 58.5 Å². The average molecular weight is 392 g/mol. The predicted molar refractivity (Wildman–Crippen MR) is 110 cm³/mol. The van der Waals surface area contributed by atoms with E-state index in [2.05, 4.69) is 36.7 Å². The average Bonchev–Trinajstić information content (AvgIpc) is 2.60. The molecule has 0 radical (unpaired) electrons. The molecular weight excluding hydrogens is 362 g/mol. The van der Waals surface area contributed by atoms with E-state index in [0.717, 1.165) is 25.7 Å². The van der Waals surface area contributed by atoms with E-state index in [1.54, 1.807) is 12.1 Å². The van der Waals surface area contributed by atoms with Crippen molar-refractivity contribution in [2.24, 2.45) is 11.3 Å². The molecule has 0 bridgehead atoms. The number of carbonyl (C=O) groups excluding carboxylic acids is 1. The molecule has 1 atom stereocenters. The lowest BCUT2D eigenvalue weighted by molar-refractivity contribution is 0.0976. The van der Waals surface area contributed by atoms with Gasteiger partial charge in [0.2, 0.25) is 0 Å². The quantitative estimate of drug-likeness (QED) is 0.590. The smallest absolute Gasteiger partial charge is 0.404 e. The fourth-order valence-electron chi connectivity index (χ4n) is 3.76. The summed E-state index contributed by atoms with van der Waals surface area (Å²) in [7, 11) is 0. The molecule has 1 saturated carbocycles. The number of carbonyl (C=O) groups is 2. The van der Waals surface area contributed by atoms with Crippen LogP contribution in [0.3, 0.4) is 0 Å². The standard InChI is InChI=1S/C20H29N3O3S/c1-20(2,3)16(22-19(25)26)13-9-11-15(12-10-13)21-18(27)23-17(24)14-7-5-4-6-8-14/h4-8,13,15-16,22H,9-12H2,1-3H3,(H,25,26)(H2,21,23,24,27). The van der Waals surface area contributed by atoms with Gasteiger partial charge < -0.3 is 15.7 Å². The first kappa shape index (κ1) is 21.2. The molecule has 148 valence electrons. The van der Waals surface area contributed by atoms with Crippen LogP contribution >= 0.6 is 12.2 Å². The Morgan fingerprint density at radius 2 is 1.70 bits per heavy atom. The van der Waals surface area contributed by atoms with E-state index >= 15 is 0 Å². The van der Waals surface area contributed by atoms with E-state index in [4.69, 9.17) is 17.3 Å². The van der Waals surface area contributed by atoms with Crippen LogP contribution < -0.4 is 16.0 Å². The molecule has 6 nitrogen and oxygen atoms in total. The summed E-state index contributed by atoms with van der Waals surface area (Å²) in [4.78, 5) is 23.3. The molecule has 0 heterocycles. The summed E-state index contributed by atoms with van der Waals surface area (Å²) >= 11 is 5.28. The predicted octanol–water partition coefficient (Wildman–Crippen LogP) is 3.53. The van der Waals surface area contributed by atoms with E-state index in [-0.39, 0.29) is 23.4 Å². The molecular formula is C20H29N3O3S. The number of hydrogen-bond acceptors (Lipinski definition) is 3. The molecule has 7 heteroatoms. The van der Waals surface area contributed by atoms with Crippen molar-refractivity contribution in [3.63, 3.8) is 0 Å². The summed E-state index contributed by atoms with van der Waals surface area (Å²) in [6.45, 7) is 6.19. The zero-order chi connectivity index (χ0) is 20.0. The molecule has 1 aromatic rings. The fraction of sp³-hybridized carbons (Fsp3) is 0.550. The lowest BCUT2D eigenvalue weighted by Crippen LogP contribution is -2.51. The highest BCUT2D eigenvalue weighted by atomic mass is 32.1. The molecule has 0 aliphatic heterocycles. The largest absolute Gasteiger partial charge is 0.465 e. The first-order valence-corrected chi connectivity index (χ1v) is 9.74. The van der Waals surface area contributed by atoms with E-state index in [1.165, 1.54) is 0 Å². The van der Waals surface area contributed by atoms with E-state index in [1.807, 2.05) is 18.2 Å². The van der Waals surface area contributed by atoms with Crippen molar-refractivity contribution in [1.29, 1.82) is 0 Å². The molecule has 1 fully saturated rings. The van der Waals surface area contributed by atoms with Crippen molar-refractivity contribution in [3.8, 4) is 0 Å². The Balaban J connectivity index is 1.83. The third-order valence-corrected chi connectivity index (χ3v) is 5.27. The first-order valence-electron chi connectivity index (χ1n) is 9.33. The summed E-state index contributed by atoms with van der Waals surface area (Å²) in [5.41, 5.74) is 0.431. The van der Waals surface area contributed by atoms with Crippen LogP contribution in [0.25, 0.3) is 0 Å². The van der Waals surface area contributed by atoms with Gasteiger partial charge >= 0.3 is 6.09 Å². The summed E-state index contributed by atoms with van der Waals surface area (Å²) in [5.74, 6) is 0.0758. The molecule has 27 heavy (non-hydrogen) atoms. The van der Waals surface area contributed by atoms with Gasteiger partial charge in [0.05, 0.1) is 0 Å². The second-order valence-electron chi connectivity index (χ2n) is 8.20. The molecule has 0 saturated heterocycles.